The monoisotopic (exact) mass is 312 g/mol. The predicted octanol–water partition coefficient (Wildman–Crippen LogP) is 3.91. The van der Waals surface area contributed by atoms with Crippen LogP contribution in [0.4, 0.5) is 0 Å². The predicted molar refractivity (Wildman–Crippen MR) is 76.4 cm³/mol. The summed E-state index contributed by atoms with van der Waals surface area (Å²) in [7, 11) is 0. The van der Waals surface area contributed by atoms with Gasteiger partial charge in [-0.1, -0.05) is 41.9 Å². The minimum absolute atomic E-state index is 0.0185. The Labute approximate surface area is 117 Å². The molecule has 1 aliphatic carbocycles. The summed E-state index contributed by atoms with van der Waals surface area (Å²) in [6.07, 6.45) is 2.75. The van der Waals surface area contributed by atoms with Gasteiger partial charge >= 0.3 is 0 Å². The van der Waals surface area contributed by atoms with Gasteiger partial charge < -0.3 is 9.84 Å². The molecule has 1 fully saturated rings. The zero-order valence-electron chi connectivity index (χ0n) is 11.0. The minimum atomic E-state index is -0.192. The van der Waals surface area contributed by atoms with Crippen LogP contribution in [0.2, 0.25) is 0 Å². The fourth-order valence-corrected chi connectivity index (χ4v) is 3.18. The van der Waals surface area contributed by atoms with E-state index in [0.29, 0.717) is 6.61 Å². The first-order valence-electron chi connectivity index (χ1n) is 6.66. The van der Waals surface area contributed by atoms with Gasteiger partial charge in [0.1, 0.15) is 0 Å². The standard InChI is InChI=1S/C15H21BrO2/c1-3-15(4-2)13(17)9-14(15)18-10-11-5-7-12(16)8-6-11/h5-8,13-14,17H,3-4,9-10H2,1-2H3. The van der Waals surface area contributed by atoms with Crippen LogP contribution in [0.1, 0.15) is 38.7 Å². The fraction of sp³-hybridized carbons (Fsp3) is 0.600. The Bertz CT molecular complexity index is 384. The minimum Gasteiger partial charge on any atom is -0.392 e. The lowest BCUT2D eigenvalue weighted by atomic mass is 9.60. The molecular weight excluding hydrogens is 292 g/mol. The molecule has 1 aromatic rings. The number of ether oxygens (including phenoxy) is 1. The topological polar surface area (TPSA) is 29.5 Å². The van der Waals surface area contributed by atoms with Crippen LogP contribution in [0.3, 0.4) is 0 Å². The molecule has 3 heteroatoms. The van der Waals surface area contributed by atoms with Crippen LogP contribution in [-0.2, 0) is 11.3 Å². The van der Waals surface area contributed by atoms with Gasteiger partial charge in [-0.3, -0.25) is 0 Å². The molecule has 100 valence electrons. The summed E-state index contributed by atoms with van der Waals surface area (Å²) < 4.78 is 7.08. The van der Waals surface area contributed by atoms with Crippen molar-refractivity contribution in [2.24, 2.45) is 5.41 Å². The Morgan fingerprint density at radius 2 is 1.89 bits per heavy atom. The number of hydrogen-bond donors (Lipinski definition) is 1. The van der Waals surface area contributed by atoms with Crippen molar-refractivity contribution < 1.29 is 9.84 Å². The summed E-state index contributed by atoms with van der Waals surface area (Å²) in [5, 5.41) is 9.98. The highest BCUT2D eigenvalue weighted by Gasteiger charge is 2.52. The highest BCUT2D eigenvalue weighted by atomic mass is 79.9. The van der Waals surface area contributed by atoms with Gasteiger partial charge in [0.15, 0.2) is 0 Å². The van der Waals surface area contributed by atoms with Crippen molar-refractivity contribution in [2.75, 3.05) is 0 Å². The van der Waals surface area contributed by atoms with E-state index >= 15 is 0 Å². The van der Waals surface area contributed by atoms with E-state index in [-0.39, 0.29) is 17.6 Å². The smallest absolute Gasteiger partial charge is 0.0720 e. The van der Waals surface area contributed by atoms with E-state index in [0.717, 1.165) is 23.7 Å². The molecule has 2 atom stereocenters. The number of benzene rings is 1. The van der Waals surface area contributed by atoms with Crippen molar-refractivity contribution in [1.29, 1.82) is 0 Å². The van der Waals surface area contributed by atoms with Gasteiger partial charge in [0, 0.05) is 16.3 Å². The number of aliphatic hydroxyl groups excluding tert-OH is 1. The Kier molecular flexibility index (Phi) is 4.46. The normalized spacial score (nSPS) is 25.8. The first-order chi connectivity index (χ1) is 8.62. The van der Waals surface area contributed by atoms with Crippen molar-refractivity contribution in [3.63, 3.8) is 0 Å². The molecular formula is C15H21BrO2. The van der Waals surface area contributed by atoms with Crippen molar-refractivity contribution in [3.05, 3.63) is 34.3 Å². The van der Waals surface area contributed by atoms with Crippen LogP contribution < -0.4 is 0 Å². The zero-order valence-corrected chi connectivity index (χ0v) is 12.6. The quantitative estimate of drug-likeness (QED) is 0.893. The van der Waals surface area contributed by atoms with E-state index < -0.39 is 0 Å². The average Bonchev–Trinajstić information content (AvgIpc) is 2.38. The number of hydrogen-bond acceptors (Lipinski definition) is 2. The summed E-state index contributed by atoms with van der Waals surface area (Å²) in [5.74, 6) is 0. The molecule has 0 heterocycles. The molecule has 1 N–H and O–H groups in total. The Morgan fingerprint density at radius 3 is 2.39 bits per heavy atom. The number of aliphatic hydroxyl groups is 1. The fourth-order valence-electron chi connectivity index (χ4n) is 2.91. The van der Waals surface area contributed by atoms with Gasteiger partial charge in [0.2, 0.25) is 0 Å². The first kappa shape index (κ1) is 14.0. The highest BCUT2D eigenvalue weighted by molar-refractivity contribution is 9.10. The molecule has 0 radical (unpaired) electrons. The summed E-state index contributed by atoms with van der Waals surface area (Å²) in [6.45, 7) is 4.91. The second-order valence-corrected chi connectivity index (χ2v) is 6.03. The maximum absolute atomic E-state index is 9.98. The van der Waals surface area contributed by atoms with Crippen LogP contribution in [-0.4, -0.2) is 17.3 Å². The van der Waals surface area contributed by atoms with Crippen molar-refractivity contribution in [2.45, 2.75) is 51.9 Å². The van der Waals surface area contributed by atoms with E-state index in [1.807, 2.05) is 12.1 Å². The molecule has 0 aromatic heterocycles. The molecule has 0 saturated heterocycles. The van der Waals surface area contributed by atoms with Crippen LogP contribution >= 0.6 is 15.9 Å². The first-order valence-corrected chi connectivity index (χ1v) is 7.45. The molecule has 2 unspecified atom stereocenters. The summed E-state index contributed by atoms with van der Waals surface area (Å²) in [4.78, 5) is 0. The van der Waals surface area contributed by atoms with E-state index in [2.05, 4.69) is 41.9 Å². The molecule has 1 saturated carbocycles. The van der Waals surface area contributed by atoms with Crippen LogP contribution in [0.25, 0.3) is 0 Å². The maximum atomic E-state index is 9.98. The van der Waals surface area contributed by atoms with Gasteiger partial charge in [0.05, 0.1) is 18.8 Å². The van der Waals surface area contributed by atoms with Gasteiger partial charge in [-0.25, -0.2) is 0 Å². The second-order valence-electron chi connectivity index (χ2n) is 5.12. The summed E-state index contributed by atoms with van der Waals surface area (Å²) in [5.41, 5.74) is 1.16. The molecule has 0 spiro atoms. The third kappa shape index (κ3) is 2.49. The van der Waals surface area contributed by atoms with E-state index in [9.17, 15) is 5.11 Å². The Morgan fingerprint density at radius 1 is 1.28 bits per heavy atom. The van der Waals surface area contributed by atoms with E-state index in [1.165, 1.54) is 5.56 Å². The van der Waals surface area contributed by atoms with Gasteiger partial charge in [-0.15, -0.1) is 0 Å². The third-order valence-corrected chi connectivity index (χ3v) is 4.95. The second kappa shape index (κ2) is 5.72. The van der Waals surface area contributed by atoms with Crippen molar-refractivity contribution in [1.82, 2.24) is 0 Å². The maximum Gasteiger partial charge on any atom is 0.0720 e. The molecule has 1 aromatic carbocycles. The largest absolute Gasteiger partial charge is 0.392 e. The lowest BCUT2D eigenvalue weighted by Crippen LogP contribution is -2.57. The van der Waals surface area contributed by atoms with Crippen LogP contribution in [0.5, 0.6) is 0 Å². The SMILES string of the molecule is CCC1(CC)C(O)CC1OCc1ccc(Br)cc1. The molecule has 1 aliphatic rings. The van der Waals surface area contributed by atoms with Crippen LogP contribution in [0.15, 0.2) is 28.7 Å². The number of rotatable bonds is 5. The summed E-state index contributed by atoms with van der Waals surface area (Å²) >= 11 is 3.42. The lowest BCUT2D eigenvalue weighted by Gasteiger charge is -2.52. The van der Waals surface area contributed by atoms with Crippen molar-refractivity contribution in [3.8, 4) is 0 Å². The zero-order chi connectivity index (χ0) is 13.2. The Hall–Kier alpha value is -0.380. The van der Waals surface area contributed by atoms with E-state index in [4.69, 9.17) is 4.74 Å². The number of halogens is 1. The molecule has 0 amide bonds. The molecule has 2 rings (SSSR count). The van der Waals surface area contributed by atoms with Crippen molar-refractivity contribution >= 4 is 15.9 Å². The average molecular weight is 313 g/mol. The molecule has 0 aliphatic heterocycles. The van der Waals surface area contributed by atoms with Gasteiger partial charge in [-0.2, -0.15) is 0 Å². The third-order valence-electron chi connectivity index (χ3n) is 4.42. The Balaban J connectivity index is 1.93. The highest BCUT2D eigenvalue weighted by Crippen LogP contribution is 2.49. The molecule has 2 nitrogen and oxygen atoms in total. The van der Waals surface area contributed by atoms with Gasteiger partial charge in [0.25, 0.3) is 0 Å². The van der Waals surface area contributed by atoms with Gasteiger partial charge in [-0.05, 0) is 30.5 Å². The lowest BCUT2D eigenvalue weighted by molar-refractivity contribution is -0.200. The molecule has 0 bridgehead atoms. The van der Waals surface area contributed by atoms with E-state index in [1.54, 1.807) is 0 Å². The summed E-state index contributed by atoms with van der Waals surface area (Å²) in [6, 6.07) is 8.19. The van der Waals surface area contributed by atoms with Crippen LogP contribution in [0, 0.1) is 5.41 Å². The molecule has 18 heavy (non-hydrogen) atoms.